The summed E-state index contributed by atoms with van der Waals surface area (Å²) in [5.74, 6) is 0.137. The second-order valence-corrected chi connectivity index (χ2v) is 3.92. The Labute approximate surface area is 97.1 Å². The molecule has 0 radical (unpaired) electrons. The third-order valence-electron chi connectivity index (χ3n) is 2.78. The number of nitrogen functional groups attached to an aromatic ring is 1. The molecule has 7 heteroatoms. The molecule has 1 aliphatic heterocycles. The van der Waals surface area contributed by atoms with Crippen molar-refractivity contribution < 1.29 is 9.84 Å². The first kappa shape index (κ1) is 11.6. The lowest BCUT2D eigenvalue weighted by molar-refractivity contribution is -0.0660. The number of ether oxygens (including phenoxy) is 1. The number of hydrogen-bond donors (Lipinski definition) is 2. The Hall–Kier alpha value is -1.91. The summed E-state index contributed by atoms with van der Waals surface area (Å²) in [4.78, 5) is 15.1. The number of nitriles is 1. The van der Waals surface area contributed by atoms with Crippen molar-refractivity contribution in [1.82, 2.24) is 9.55 Å². The molecule has 1 aromatic rings. The average molecular weight is 236 g/mol. The van der Waals surface area contributed by atoms with Gasteiger partial charge >= 0.3 is 5.69 Å². The smallest absolute Gasteiger partial charge is 0.351 e. The van der Waals surface area contributed by atoms with Crippen molar-refractivity contribution in [2.24, 2.45) is 0 Å². The van der Waals surface area contributed by atoms with Gasteiger partial charge in [-0.3, -0.25) is 4.57 Å². The Morgan fingerprint density at radius 2 is 2.59 bits per heavy atom. The summed E-state index contributed by atoms with van der Waals surface area (Å²) in [6.07, 6.45) is 1.74. The topological polar surface area (TPSA) is 114 Å². The second-order valence-electron chi connectivity index (χ2n) is 3.92. The number of aromatic nitrogens is 2. The average Bonchev–Trinajstić information content (AvgIpc) is 2.74. The highest BCUT2D eigenvalue weighted by molar-refractivity contribution is 5.23. The molecule has 0 spiro atoms. The van der Waals surface area contributed by atoms with E-state index in [0.29, 0.717) is 12.8 Å². The van der Waals surface area contributed by atoms with Crippen LogP contribution in [0, 0.1) is 11.3 Å². The highest BCUT2D eigenvalue weighted by Gasteiger charge is 2.41. The summed E-state index contributed by atoms with van der Waals surface area (Å²) in [5, 5.41) is 18.1. The number of nitrogens with zero attached hydrogens (tertiary/aromatic N) is 3. The molecule has 1 fully saturated rings. The van der Waals surface area contributed by atoms with Crippen LogP contribution >= 0.6 is 0 Å². The quantitative estimate of drug-likeness (QED) is 0.707. The number of anilines is 1. The fourth-order valence-electron chi connectivity index (χ4n) is 1.81. The number of rotatable bonds is 2. The van der Waals surface area contributed by atoms with Gasteiger partial charge in [-0.05, 0) is 18.9 Å². The molecule has 0 unspecified atom stereocenters. The van der Waals surface area contributed by atoms with Gasteiger partial charge in [0, 0.05) is 6.20 Å². The Morgan fingerprint density at radius 1 is 1.82 bits per heavy atom. The fraction of sp³-hybridized carbons (Fsp3) is 0.500. The van der Waals surface area contributed by atoms with Gasteiger partial charge in [0.1, 0.15) is 18.1 Å². The number of aliphatic hydroxyl groups excluding tert-OH is 1. The van der Waals surface area contributed by atoms with Crippen LogP contribution in [0.4, 0.5) is 5.82 Å². The lowest BCUT2D eigenvalue weighted by Gasteiger charge is -2.19. The lowest BCUT2D eigenvalue weighted by atomic mass is 10.0. The van der Waals surface area contributed by atoms with E-state index in [1.165, 1.54) is 16.8 Å². The Bertz CT molecular complexity index is 521. The largest absolute Gasteiger partial charge is 0.392 e. The Kier molecular flexibility index (Phi) is 2.83. The fourth-order valence-corrected chi connectivity index (χ4v) is 1.81. The van der Waals surface area contributed by atoms with Crippen LogP contribution in [0.25, 0.3) is 0 Å². The summed E-state index contributed by atoms with van der Waals surface area (Å²) >= 11 is 0. The molecular weight excluding hydrogens is 224 g/mol. The summed E-state index contributed by atoms with van der Waals surface area (Å²) in [6.45, 7) is -0.392. The number of hydrogen-bond acceptors (Lipinski definition) is 6. The van der Waals surface area contributed by atoms with Crippen LogP contribution in [0.5, 0.6) is 0 Å². The first-order chi connectivity index (χ1) is 8.10. The van der Waals surface area contributed by atoms with Crippen LogP contribution in [0.15, 0.2) is 17.1 Å². The molecule has 1 aliphatic rings. The molecule has 2 atom stereocenters. The van der Waals surface area contributed by atoms with Crippen LogP contribution in [0.3, 0.4) is 0 Å². The lowest BCUT2D eigenvalue weighted by Crippen LogP contribution is -2.33. The maximum atomic E-state index is 11.6. The number of nitrogens with two attached hydrogens (primary N) is 1. The summed E-state index contributed by atoms with van der Waals surface area (Å²) in [7, 11) is 0. The molecule has 2 rings (SSSR count). The maximum Gasteiger partial charge on any atom is 0.351 e. The van der Waals surface area contributed by atoms with Crippen molar-refractivity contribution in [2.75, 3.05) is 12.3 Å². The third-order valence-corrected chi connectivity index (χ3v) is 2.78. The van der Waals surface area contributed by atoms with E-state index in [-0.39, 0.29) is 5.82 Å². The molecule has 2 heterocycles. The molecule has 0 amide bonds. The van der Waals surface area contributed by atoms with Crippen LogP contribution in [-0.2, 0) is 4.74 Å². The van der Waals surface area contributed by atoms with Crippen LogP contribution in [0.1, 0.15) is 19.1 Å². The van der Waals surface area contributed by atoms with E-state index in [4.69, 9.17) is 20.8 Å². The highest BCUT2D eigenvalue weighted by Crippen LogP contribution is 2.34. The van der Waals surface area contributed by atoms with E-state index in [1.807, 2.05) is 6.07 Å². The van der Waals surface area contributed by atoms with Crippen molar-refractivity contribution in [2.45, 2.75) is 24.7 Å². The number of aliphatic hydroxyl groups is 1. The minimum Gasteiger partial charge on any atom is -0.392 e. The first-order valence-corrected chi connectivity index (χ1v) is 5.15. The van der Waals surface area contributed by atoms with Crippen LogP contribution < -0.4 is 11.4 Å². The zero-order chi connectivity index (χ0) is 12.5. The van der Waals surface area contributed by atoms with E-state index in [9.17, 15) is 4.79 Å². The molecule has 1 saturated heterocycles. The van der Waals surface area contributed by atoms with E-state index in [2.05, 4.69) is 4.98 Å². The molecule has 0 bridgehead atoms. The minimum absolute atomic E-state index is 0.137. The molecule has 1 aromatic heterocycles. The van der Waals surface area contributed by atoms with Gasteiger partial charge in [-0.1, -0.05) is 0 Å². The standard InChI is InChI=1S/C10H12N4O3/c11-5-10(6-15)3-1-8(17-10)14-4-2-7(12)13-9(14)16/h2,4,8,15H,1,3,6H2,(H2,12,13,16)/t8-,10+/m1/s1. The maximum absolute atomic E-state index is 11.6. The SMILES string of the molecule is N#C[C@]1(CO)CC[C@H](n2ccc(N)nc2=O)O1. The summed E-state index contributed by atoms with van der Waals surface area (Å²) in [6, 6.07) is 3.41. The van der Waals surface area contributed by atoms with Crippen LogP contribution in [0.2, 0.25) is 0 Å². The van der Waals surface area contributed by atoms with Gasteiger partial charge < -0.3 is 15.6 Å². The highest BCUT2D eigenvalue weighted by atomic mass is 16.5. The molecule has 0 saturated carbocycles. The van der Waals surface area contributed by atoms with Gasteiger partial charge in [-0.2, -0.15) is 10.2 Å². The predicted octanol–water partition coefficient (Wildman–Crippen LogP) is -0.611. The van der Waals surface area contributed by atoms with Crippen LogP contribution in [-0.4, -0.2) is 26.9 Å². The van der Waals surface area contributed by atoms with Gasteiger partial charge in [0.05, 0.1) is 6.61 Å². The molecule has 7 nitrogen and oxygen atoms in total. The molecule has 3 N–H and O–H groups in total. The van der Waals surface area contributed by atoms with Crippen molar-refractivity contribution in [3.63, 3.8) is 0 Å². The summed E-state index contributed by atoms with van der Waals surface area (Å²) < 4.78 is 6.69. The zero-order valence-corrected chi connectivity index (χ0v) is 9.04. The van der Waals surface area contributed by atoms with E-state index in [1.54, 1.807) is 0 Å². The van der Waals surface area contributed by atoms with Crippen molar-refractivity contribution >= 4 is 5.82 Å². The monoisotopic (exact) mass is 236 g/mol. The van der Waals surface area contributed by atoms with E-state index in [0.717, 1.165) is 0 Å². The molecule has 0 aromatic carbocycles. The Balaban J connectivity index is 2.27. The van der Waals surface area contributed by atoms with Gasteiger partial charge in [0.15, 0.2) is 5.60 Å². The van der Waals surface area contributed by atoms with Gasteiger partial charge in [0.25, 0.3) is 0 Å². The van der Waals surface area contributed by atoms with Gasteiger partial charge in [-0.25, -0.2) is 4.79 Å². The van der Waals surface area contributed by atoms with Crippen molar-refractivity contribution in [1.29, 1.82) is 5.26 Å². The van der Waals surface area contributed by atoms with Crippen molar-refractivity contribution in [3.8, 4) is 6.07 Å². The molecular formula is C10H12N4O3. The molecule has 17 heavy (non-hydrogen) atoms. The van der Waals surface area contributed by atoms with E-state index >= 15 is 0 Å². The predicted molar refractivity (Wildman–Crippen MR) is 57.7 cm³/mol. The minimum atomic E-state index is -1.22. The molecule has 0 aliphatic carbocycles. The first-order valence-electron chi connectivity index (χ1n) is 5.15. The second kappa shape index (κ2) is 4.16. The summed E-state index contributed by atoms with van der Waals surface area (Å²) in [5.41, 5.74) is 3.63. The van der Waals surface area contributed by atoms with Gasteiger partial charge in [0.2, 0.25) is 0 Å². The normalized spacial score (nSPS) is 27.9. The van der Waals surface area contributed by atoms with E-state index < -0.39 is 24.1 Å². The van der Waals surface area contributed by atoms with Crippen molar-refractivity contribution in [3.05, 3.63) is 22.7 Å². The van der Waals surface area contributed by atoms with Gasteiger partial charge in [-0.15, -0.1) is 0 Å². The third kappa shape index (κ3) is 2.00. The molecule has 90 valence electrons. The Morgan fingerprint density at radius 3 is 3.12 bits per heavy atom. The zero-order valence-electron chi connectivity index (χ0n) is 9.04.